The molecule has 6 heterocycles. The second-order valence-corrected chi connectivity index (χ2v) is 12.1. The minimum Gasteiger partial charge on any atom is -0.487 e. The Kier molecular flexibility index (Phi) is 6.60. The van der Waals surface area contributed by atoms with Gasteiger partial charge in [0.15, 0.2) is 11.6 Å². The van der Waals surface area contributed by atoms with Crippen LogP contribution >= 0.6 is 0 Å². The SMILES string of the molecule is Cc1cc(Nc2ncnc3cnc4c(c23)OC[C@H]2CN(C(=O)OC(C)(C)C)CCN42)ccc1Oc1cc2ncn(C)c2cn1. The first-order valence-electron chi connectivity index (χ1n) is 14.5. The molecule has 0 aliphatic carbocycles. The summed E-state index contributed by atoms with van der Waals surface area (Å²) in [6.45, 7) is 9.61. The smallest absolute Gasteiger partial charge is 0.410 e. The van der Waals surface area contributed by atoms with Crippen LogP contribution in [0.5, 0.6) is 17.4 Å². The van der Waals surface area contributed by atoms with E-state index in [4.69, 9.17) is 19.2 Å². The fourth-order valence-corrected chi connectivity index (χ4v) is 5.55. The summed E-state index contributed by atoms with van der Waals surface area (Å²) < 4.78 is 19.9. The standard InChI is InChI=1S/C31H33N9O4/c1-18-10-19(6-7-24(18)43-25-11-21-23(13-32-25)38(5)17-36-21)37-28-26-22(34-16-35-28)12-33-29-27(26)42-15-20-14-39(8-9-40(20)29)30(41)44-31(2,3)4/h6-7,10-13,16-17,20H,8-9,14-15H2,1-5H3,(H,34,35,37)/t20-/m1/s1. The van der Waals surface area contributed by atoms with Gasteiger partial charge in [0, 0.05) is 38.4 Å². The summed E-state index contributed by atoms with van der Waals surface area (Å²) in [5.41, 5.74) is 3.62. The number of nitrogens with one attached hydrogen (secondary N) is 1. The Hall–Kier alpha value is -5.20. The number of benzene rings is 1. The number of carbonyl (C=O) groups excluding carboxylic acids is 1. The zero-order chi connectivity index (χ0) is 30.6. The predicted molar refractivity (Wildman–Crippen MR) is 165 cm³/mol. The van der Waals surface area contributed by atoms with Gasteiger partial charge < -0.3 is 33.9 Å². The zero-order valence-corrected chi connectivity index (χ0v) is 25.2. The third kappa shape index (κ3) is 5.14. The van der Waals surface area contributed by atoms with Gasteiger partial charge >= 0.3 is 6.09 Å². The van der Waals surface area contributed by atoms with E-state index >= 15 is 0 Å². The van der Waals surface area contributed by atoms with Gasteiger partial charge in [-0.25, -0.2) is 29.7 Å². The Labute approximate surface area is 253 Å². The van der Waals surface area contributed by atoms with Crippen molar-refractivity contribution < 1.29 is 19.0 Å². The topological polar surface area (TPSA) is 133 Å². The molecule has 1 fully saturated rings. The van der Waals surface area contributed by atoms with Crippen LogP contribution in [0.15, 0.2) is 49.3 Å². The zero-order valence-electron chi connectivity index (χ0n) is 25.2. The molecular weight excluding hydrogens is 562 g/mol. The third-order valence-electron chi connectivity index (χ3n) is 7.68. The van der Waals surface area contributed by atoms with Crippen molar-refractivity contribution in [2.45, 2.75) is 39.3 Å². The minimum absolute atomic E-state index is 0.0437. The van der Waals surface area contributed by atoms with Gasteiger partial charge in [-0.05, 0) is 51.5 Å². The van der Waals surface area contributed by atoms with E-state index in [1.165, 1.54) is 6.33 Å². The maximum atomic E-state index is 12.7. The van der Waals surface area contributed by atoms with Crippen LogP contribution in [-0.4, -0.2) is 78.4 Å². The molecule has 1 N–H and O–H groups in total. The Morgan fingerprint density at radius 3 is 2.73 bits per heavy atom. The number of pyridine rings is 2. The van der Waals surface area contributed by atoms with Gasteiger partial charge in [-0.2, -0.15) is 0 Å². The second-order valence-electron chi connectivity index (χ2n) is 12.1. The van der Waals surface area contributed by atoms with Crippen LogP contribution in [0.2, 0.25) is 0 Å². The lowest BCUT2D eigenvalue weighted by atomic mass is 10.1. The summed E-state index contributed by atoms with van der Waals surface area (Å²) in [6, 6.07) is 7.59. The Morgan fingerprint density at radius 2 is 1.91 bits per heavy atom. The number of amides is 1. The Balaban J connectivity index is 1.12. The molecule has 1 aromatic carbocycles. The van der Waals surface area contributed by atoms with Crippen molar-refractivity contribution >= 4 is 45.4 Å². The van der Waals surface area contributed by atoms with Crippen molar-refractivity contribution in [1.29, 1.82) is 0 Å². The van der Waals surface area contributed by atoms with Crippen molar-refractivity contribution in [2.24, 2.45) is 7.05 Å². The van der Waals surface area contributed by atoms with Crippen molar-refractivity contribution in [3.8, 4) is 17.4 Å². The monoisotopic (exact) mass is 595 g/mol. The highest BCUT2D eigenvalue weighted by Gasteiger charge is 2.38. The summed E-state index contributed by atoms with van der Waals surface area (Å²) >= 11 is 0. The van der Waals surface area contributed by atoms with Gasteiger partial charge in [-0.1, -0.05) is 0 Å². The Bertz CT molecular complexity index is 1900. The number of ether oxygens (including phenoxy) is 3. The molecule has 1 saturated heterocycles. The van der Waals surface area contributed by atoms with Gasteiger partial charge in [-0.3, -0.25) is 0 Å². The van der Waals surface area contributed by atoms with Gasteiger partial charge in [0.2, 0.25) is 5.88 Å². The molecule has 7 rings (SSSR count). The molecule has 4 aromatic heterocycles. The van der Waals surface area contributed by atoms with E-state index in [0.29, 0.717) is 60.8 Å². The summed E-state index contributed by atoms with van der Waals surface area (Å²) in [4.78, 5) is 39.2. The molecule has 5 aromatic rings. The highest BCUT2D eigenvalue weighted by atomic mass is 16.6. The molecule has 1 amide bonds. The molecule has 0 radical (unpaired) electrons. The lowest BCUT2D eigenvalue weighted by molar-refractivity contribution is 0.0194. The number of hydrogen-bond acceptors (Lipinski definition) is 11. The third-order valence-corrected chi connectivity index (χ3v) is 7.68. The molecule has 0 saturated carbocycles. The number of nitrogens with zero attached hydrogens (tertiary/aromatic N) is 8. The second kappa shape index (κ2) is 10.5. The number of aryl methyl sites for hydroxylation is 2. The summed E-state index contributed by atoms with van der Waals surface area (Å²) in [5.74, 6) is 3.11. The molecular formula is C31H33N9O4. The quantitative estimate of drug-likeness (QED) is 0.302. The lowest BCUT2D eigenvalue weighted by Crippen LogP contribution is -2.59. The van der Waals surface area contributed by atoms with E-state index < -0.39 is 5.60 Å². The van der Waals surface area contributed by atoms with Crippen molar-refractivity contribution in [1.82, 2.24) is 34.4 Å². The summed E-state index contributed by atoms with van der Waals surface area (Å²) in [7, 11) is 1.93. The van der Waals surface area contributed by atoms with E-state index in [1.54, 1.807) is 23.6 Å². The maximum absolute atomic E-state index is 12.7. The first-order chi connectivity index (χ1) is 21.1. The van der Waals surface area contributed by atoms with Crippen LogP contribution in [0.1, 0.15) is 26.3 Å². The molecule has 2 aliphatic rings. The average Bonchev–Trinajstić information content (AvgIpc) is 3.36. The summed E-state index contributed by atoms with van der Waals surface area (Å²) in [6.07, 6.45) is 6.44. The van der Waals surface area contributed by atoms with Crippen molar-refractivity contribution in [3.05, 3.63) is 54.9 Å². The highest BCUT2D eigenvalue weighted by molar-refractivity contribution is 5.99. The molecule has 44 heavy (non-hydrogen) atoms. The maximum Gasteiger partial charge on any atom is 0.410 e. The van der Waals surface area contributed by atoms with E-state index in [0.717, 1.165) is 27.7 Å². The first-order valence-corrected chi connectivity index (χ1v) is 14.5. The molecule has 0 spiro atoms. The number of anilines is 3. The average molecular weight is 596 g/mol. The number of rotatable bonds is 4. The van der Waals surface area contributed by atoms with Crippen molar-refractivity contribution in [2.75, 3.05) is 36.5 Å². The molecule has 13 nitrogen and oxygen atoms in total. The highest BCUT2D eigenvalue weighted by Crippen LogP contribution is 2.42. The number of hydrogen-bond donors (Lipinski definition) is 1. The van der Waals surface area contributed by atoms with Crippen LogP contribution in [0, 0.1) is 6.92 Å². The number of imidazole rings is 1. The molecule has 226 valence electrons. The number of carbonyl (C=O) groups is 1. The van der Waals surface area contributed by atoms with Crippen LogP contribution in [0.3, 0.4) is 0 Å². The predicted octanol–water partition coefficient (Wildman–Crippen LogP) is 4.97. The number of aromatic nitrogens is 6. The van der Waals surface area contributed by atoms with Crippen molar-refractivity contribution in [3.63, 3.8) is 0 Å². The molecule has 0 unspecified atom stereocenters. The van der Waals surface area contributed by atoms with Crippen LogP contribution in [0.25, 0.3) is 21.9 Å². The normalized spacial score (nSPS) is 16.3. The van der Waals surface area contributed by atoms with Crippen LogP contribution in [0.4, 0.5) is 22.1 Å². The Morgan fingerprint density at radius 1 is 1.05 bits per heavy atom. The fraction of sp³-hybridized carbons (Fsp3) is 0.355. The van der Waals surface area contributed by atoms with Gasteiger partial charge in [0.1, 0.15) is 30.1 Å². The van der Waals surface area contributed by atoms with Crippen LogP contribution < -0.4 is 19.7 Å². The van der Waals surface area contributed by atoms with E-state index in [2.05, 4.69) is 30.2 Å². The molecule has 2 aliphatic heterocycles. The van der Waals surface area contributed by atoms with Gasteiger partial charge in [0.25, 0.3) is 0 Å². The van der Waals surface area contributed by atoms with Gasteiger partial charge in [-0.15, -0.1) is 0 Å². The largest absolute Gasteiger partial charge is 0.487 e. The van der Waals surface area contributed by atoms with Crippen LogP contribution in [-0.2, 0) is 11.8 Å². The number of piperazine rings is 1. The van der Waals surface area contributed by atoms with Gasteiger partial charge in [0.05, 0.1) is 46.7 Å². The molecule has 1 atom stereocenters. The van der Waals surface area contributed by atoms with E-state index in [-0.39, 0.29) is 12.1 Å². The number of fused-ring (bicyclic) bond motifs is 6. The lowest BCUT2D eigenvalue weighted by Gasteiger charge is -2.44. The molecule has 0 bridgehead atoms. The first kappa shape index (κ1) is 27.6. The molecule has 13 heteroatoms. The fourth-order valence-electron chi connectivity index (χ4n) is 5.55. The van der Waals surface area contributed by atoms with E-state index in [9.17, 15) is 4.79 Å². The minimum atomic E-state index is -0.550. The summed E-state index contributed by atoms with van der Waals surface area (Å²) in [5, 5.41) is 4.19. The van der Waals surface area contributed by atoms with E-state index in [1.807, 2.05) is 63.6 Å².